The minimum absolute atomic E-state index is 0.167. The lowest BCUT2D eigenvalue weighted by Crippen LogP contribution is -2.13. The standard InChI is InChI=1S/C25H31FO/c1-6-9-20-15-21(19(5)14-23(8-3)27-12-7-2)17-22(16-20)24-11-10-18(4)13-25(24)26/h6,10-11,13,15-17,23H,1,5,7-9,12,14H2,2-4H3. The first-order valence-electron chi connectivity index (χ1n) is 9.79. The monoisotopic (exact) mass is 366 g/mol. The lowest BCUT2D eigenvalue weighted by atomic mass is 9.92. The second-order valence-electron chi connectivity index (χ2n) is 7.10. The highest BCUT2D eigenvalue weighted by Crippen LogP contribution is 2.30. The Labute approximate surface area is 163 Å². The average molecular weight is 367 g/mol. The quantitative estimate of drug-likeness (QED) is 0.406. The van der Waals surface area contributed by atoms with Gasteiger partial charge in [0.1, 0.15) is 5.82 Å². The van der Waals surface area contributed by atoms with Gasteiger partial charge in [-0.1, -0.05) is 50.8 Å². The van der Waals surface area contributed by atoms with Gasteiger partial charge < -0.3 is 4.74 Å². The Kier molecular flexibility index (Phi) is 7.99. The normalized spacial score (nSPS) is 12.0. The summed E-state index contributed by atoms with van der Waals surface area (Å²) in [5.41, 5.74) is 5.60. The van der Waals surface area contributed by atoms with Gasteiger partial charge in [-0.2, -0.15) is 0 Å². The number of hydrogen-bond donors (Lipinski definition) is 0. The topological polar surface area (TPSA) is 9.23 Å². The van der Waals surface area contributed by atoms with E-state index in [1.807, 2.05) is 37.3 Å². The van der Waals surface area contributed by atoms with Gasteiger partial charge in [0.05, 0.1) is 6.10 Å². The maximum Gasteiger partial charge on any atom is 0.131 e. The van der Waals surface area contributed by atoms with Crippen molar-refractivity contribution in [1.82, 2.24) is 0 Å². The van der Waals surface area contributed by atoms with Crippen molar-refractivity contribution >= 4 is 5.57 Å². The van der Waals surface area contributed by atoms with Crippen LogP contribution in [0.3, 0.4) is 0 Å². The molecule has 2 aromatic rings. The zero-order valence-electron chi connectivity index (χ0n) is 16.9. The van der Waals surface area contributed by atoms with Crippen molar-refractivity contribution in [2.45, 2.75) is 52.6 Å². The number of benzene rings is 2. The fourth-order valence-electron chi connectivity index (χ4n) is 3.19. The summed E-state index contributed by atoms with van der Waals surface area (Å²) in [6, 6.07) is 11.6. The summed E-state index contributed by atoms with van der Waals surface area (Å²) in [6.45, 7) is 15.0. The largest absolute Gasteiger partial charge is 0.378 e. The van der Waals surface area contributed by atoms with Crippen LogP contribution in [-0.4, -0.2) is 12.7 Å². The van der Waals surface area contributed by atoms with Crippen molar-refractivity contribution < 1.29 is 9.13 Å². The molecular formula is C25H31FO. The van der Waals surface area contributed by atoms with Crippen LogP contribution in [0.2, 0.25) is 0 Å². The molecule has 0 saturated carbocycles. The van der Waals surface area contributed by atoms with E-state index in [9.17, 15) is 4.39 Å². The summed E-state index contributed by atoms with van der Waals surface area (Å²) in [5, 5.41) is 0. The number of rotatable bonds is 10. The van der Waals surface area contributed by atoms with Crippen molar-refractivity contribution in [2.24, 2.45) is 0 Å². The van der Waals surface area contributed by atoms with Crippen LogP contribution >= 0.6 is 0 Å². The molecule has 0 fully saturated rings. The Morgan fingerprint density at radius 3 is 2.59 bits per heavy atom. The SMILES string of the molecule is C=CCc1cc(C(=C)CC(CC)OCCC)cc(-c2ccc(C)cc2F)c1. The van der Waals surface area contributed by atoms with Gasteiger partial charge in [0.15, 0.2) is 0 Å². The second kappa shape index (κ2) is 10.2. The molecule has 1 atom stereocenters. The highest BCUT2D eigenvalue weighted by molar-refractivity contribution is 5.73. The molecule has 2 aromatic carbocycles. The molecule has 144 valence electrons. The second-order valence-corrected chi connectivity index (χ2v) is 7.10. The Morgan fingerprint density at radius 1 is 1.19 bits per heavy atom. The number of allylic oxidation sites excluding steroid dienone is 1. The predicted octanol–water partition coefficient (Wildman–Crippen LogP) is 7.14. The molecule has 27 heavy (non-hydrogen) atoms. The first-order chi connectivity index (χ1) is 13.0. The molecule has 2 rings (SSSR count). The number of hydrogen-bond acceptors (Lipinski definition) is 1. The van der Waals surface area contributed by atoms with Gasteiger partial charge in [0, 0.05) is 12.2 Å². The van der Waals surface area contributed by atoms with E-state index in [0.29, 0.717) is 5.56 Å². The maximum absolute atomic E-state index is 14.5. The van der Waals surface area contributed by atoms with Gasteiger partial charge in [-0.3, -0.25) is 0 Å². The Hall–Kier alpha value is -2.19. The van der Waals surface area contributed by atoms with E-state index in [2.05, 4.69) is 33.1 Å². The van der Waals surface area contributed by atoms with Crippen LogP contribution in [0, 0.1) is 12.7 Å². The number of halogens is 1. The van der Waals surface area contributed by atoms with Crippen LogP contribution in [0.15, 0.2) is 55.6 Å². The molecule has 0 aliphatic carbocycles. The molecule has 0 aliphatic rings. The minimum Gasteiger partial charge on any atom is -0.378 e. The highest BCUT2D eigenvalue weighted by atomic mass is 19.1. The summed E-state index contributed by atoms with van der Waals surface area (Å²) >= 11 is 0. The summed E-state index contributed by atoms with van der Waals surface area (Å²) in [6.07, 6.45) is 5.52. The van der Waals surface area contributed by atoms with E-state index < -0.39 is 0 Å². The number of aryl methyl sites for hydroxylation is 1. The van der Waals surface area contributed by atoms with Gasteiger partial charge >= 0.3 is 0 Å². The summed E-state index contributed by atoms with van der Waals surface area (Å²) in [5.74, 6) is -0.194. The van der Waals surface area contributed by atoms with Crippen LogP contribution in [-0.2, 0) is 11.2 Å². The zero-order valence-corrected chi connectivity index (χ0v) is 16.9. The van der Waals surface area contributed by atoms with E-state index in [1.165, 1.54) is 0 Å². The molecule has 0 aliphatic heterocycles. The van der Waals surface area contributed by atoms with Crippen LogP contribution in [0.25, 0.3) is 16.7 Å². The molecule has 0 N–H and O–H groups in total. The molecule has 1 nitrogen and oxygen atoms in total. The van der Waals surface area contributed by atoms with Crippen LogP contribution in [0.4, 0.5) is 4.39 Å². The molecule has 0 spiro atoms. The van der Waals surface area contributed by atoms with E-state index in [0.717, 1.165) is 60.1 Å². The summed E-state index contributed by atoms with van der Waals surface area (Å²) in [7, 11) is 0. The van der Waals surface area contributed by atoms with E-state index in [1.54, 1.807) is 6.07 Å². The van der Waals surface area contributed by atoms with Crippen molar-refractivity contribution in [3.8, 4) is 11.1 Å². The highest BCUT2D eigenvalue weighted by Gasteiger charge is 2.13. The molecule has 0 radical (unpaired) electrons. The van der Waals surface area contributed by atoms with Crippen molar-refractivity contribution in [3.05, 3.63) is 78.1 Å². The average Bonchev–Trinajstić information content (AvgIpc) is 2.65. The zero-order chi connectivity index (χ0) is 19.8. The first-order valence-corrected chi connectivity index (χ1v) is 9.79. The smallest absolute Gasteiger partial charge is 0.131 e. The molecule has 0 aromatic heterocycles. The van der Waals surface area contributed by atoms with E-state index in [4.69, 9.17) is 4.74 Å². The van der Waals surface area contributed by atoms with E-state index in [-0.39, 0.29) is 11.9 Å². The fourth-order valence-corrected chi connectivity index (χ4v) is 3.19. The van der Waals surface area contributed by atoms with Crippen LogP contribution < -0.4 is 0 Å². The fraction of sp³-hybridized carbons (Fsp3) is 0.360. The van der Waals surface area contributed by atoms with Gasteiger partial charge in [-0.05, 0) is 72.6 Å². The first kappa shape index (κ1) is 21.1. The molecule has 0 saturated heterocycles. The summed E-state index contributed by atoms with van der Waals surface area (Å²) in [4.78, 5) is 0. The maximum atomic E-state index is 14.5. The molecule has 0 amide bonds. The third kappa shape index (κ3) is 5.90. The third-order valence-corrected chi connectivity index (χ3v) is 4.70. The van der Waals surface area contributed by atoms with Crippen molar-refractivity contribution in [2.75, 3.05) is 6.61 Å². The molecule has 0 bridgehead atoms. The molecule has 1 unspecified atom stereocenters. The van der Waals surface area contributed by atoms with E-state index >= 15 is 0 Å². The predicted molar refractivity (Wildman–Crippen MR) is 114 cm³/mol. The van der Waals surface area contributed by atoms with Gasteiger partial charge in [-0.25, -0.2) is 4.39 Å². The minimum atomic E-state index is -0.194. The van der Waals surface area contributed by atoms with Crippen LogP contribution in [0.5, 0.6) is 0 Å². The lowest BCUT2D eigenvalue weighted by Gasteiger charge is -2.18. The van der Waals surface area contributed by atoms with Gasteiger partial charge in [-0.15, -0.1) is 6.58 Å². The van der Waals surface area contributed by atoms with Crippen molar-refractivity contribution in [3.63, 3.8) is 0 Å². The summed E-state index contributed by atoms with van der Waals surface area (Å²) < 4.78 is 20.4. The third-order valence-electron chi connectivity index (χ3n) is 4.70. The lowest BCUT2D eigenvalue weighted by molar-refractivity contribution is 0.0548. The van der Waals surface area contributed by atoms with Gasteiger partial charge in [0.2, 0.25) is 0 Å². The molecule has 2 heteroatoms. The molecular weight excluding hydrogens is 335 g/mol. The Morgan fingerprint density at radius 2 is 1.96 bits per heavy atom. The van der Waals surface area contributed by atoms with Crippen molar-refractivity contribution in [1.29, 1.82) is 0 Å². The number of ether oxygens (including phenoxy) is 1. The van der Waals surface area contributed by atoms with Crippen LogP contribution in [0.1, 0.15) is 49.8 Å². The Balaban J connectivity index is 2.36. The Bertz CT molecular complexity index is 791. The van der Waals surface area contributed by atoms with Gasteiger partial charge in [0.25, 0.3) is 0 Å². The molecule has 0 heterocycles.